The van der Waals surface area contributed by atoms with Gasteiger partial charge in [0.05, 0.1) is 5.54 Å². The van der Waals surface area contributed by atoms with E-state index < -0.39 is 5.54 Å². The van der Waals surface area contributed by atoms with Crippen molar-refractivity contribution in [2.75, 3.05) is 0 Å². The number of nitrogens with one attached hydrogen (secondary N) is 2. The van der Waals surface area contributed by atoms with Crippen LogP contribution in [0.2, 0.25) is 5.02 Å². The first kappa shape index (κ1) is 16.4. The lowest BCUT2D eigenvalue weighted by molar-refractivity contribution is 0.225. The first-order valence-corrected chi connectivity index (χ1v) is 7.78. The van der Waals surface area contributed by atoms with Crippen LogP contribution in [0.3, 0.4) is 0 Å². The molecule has 2 rings (SSSR count). The summed E-state index contributed by atoms with van der Waals surface area (Å²) in [6.07, 6.45) is 0.802. The van der Waals surface area contributed by atoms with Gasteiger partial charge in [-0.25, -0.2) is 4.79 Å². The van der Waals surface area contributed by atoms with E-state index in [1.54, 1.807) is 0 Å². The van der Waals surface area contributed by atoms with E-state index in [0.717, 1.165) is 17.5 Å². The first-order chi connectivity index (χ1) is 10.5. The number of carbonyl (C=O) groups excluding carboxylic acids is 1. The number of hydrogen-bond donors (Lipinski definition) is 2. The van der Waals surface area contributed by atoms with Gasteiger partial charge in [-0.15, -0.1) is 0 Å². The average Bonchev–Trinajstić information content (AvgIpc) is 2.55. The Labute approximate surface area is 136 Å². The van der Waals surface area contributed by atoms with Gasteiger partial charge in [-0.3, -0.25) is 0 Å². The minimum Gasteiger partial charge on any atom is -0.334 e. The standard InChI is InChI=1S/C18H21ClN2O/c1-3-18(2,15-10-5-4-6-11-15)21-17(22)20-13-14-9-7-8-12-16(14)19/h4-12H,3,13H2,1-2H3,(H2,20,21,22). The zero-order valence-electron chi connectivity index (χ0n) is 12.9. The number of halogens is 1. The topological polar surface area (TPSA) is 41.1 Å². The molecule has 1 atom stereocenters. The van der Waals surface area contributed by atoms with Crippen molar-refractivity contribution < 1.29 is 4.79 Å². The highest BCUT2D eigenvalue weighted by molar-refractivity contribution is 6.31. The quantitative estimate of drug-likeness (QED) is 0.840. The summed E-state index contributed by atoms with van der Waals surface area (Å²) in [4.78, 5) is 12.2. The van der Waals surface area contributed by atoms with Crippen molar-refractivity contribution in [3.63, 3.8) is 0 Å². The molecule has 0 aliphatic rings. The van der Waals surface area contributed by atoms with E-state index in [0.29, 0.717) is 11.6 Å². The van der Waals surface area contributed by atoms with E-state index in [1.165, 1.54) is 0 Å². The SMILES string of the molecule is CCC(C)(NC(=O)NCc1ccccc1Cl)c1ccccc1. The summed E-state index contributed by atoms with van der Waals surface area (Å²) >= 11 is 6.09. The molecule has 0 aliphatic heterocycles. The summed E-state index contributed by atoms with van der Waals surface area (Å²) in [6, 6.07) is 17.3. The number of rotatable bonds is 5. The molecule has 1 unspecified atom stereocenters. The predicted molar refractivity (Wildman–Crippen MR) is 90.9 cm³/mol. The molecular formula is C18H21ClN2O. The highest BCUT2D eigenvalue weighted by Crippen LogP contribution is 2.24. The number of amides is 2. The molecule has 2 aromatic carbocycles. The van der Waals surface area contributed by atoms with Crippen molar-refractivity contribution in [1.29, 1.82) is 0 Å². The molecule has 0 aliphatic carbocycles. The van der Waals surface area contributed by atoms with Crippen LogP contribution in [0.1, 0.15) is 31.4 Å². The Kier molecular flexibility index (Phi) is 5.45. The Balaban J connectivity index is 2.00. The molecule has 116 valence electrons. The van der Waals surface area contributed by atoms with Crippen LogP contribution in [-0.4, -0.2) is 6.03 Å². The summed E-state index contributed by atoms with van der Waals surface area (Å²) in [5, 5.41) is 6.58. The molecule has 4 heteroatoms. The largest absolute Gasteiger partial charge is 0.334 e. The molecule has 0 saturated heterocycles. The summed E-state index contributed by atoms with van der Waals surface area (Å²) in [5.74, 6) is 0. The second-order valence-corrected chi connectivity index (χ2v) is 5.86. The molecule has 0 saturated carbocycles. The Morgan fingerprint density at radius 1 is 1.09 bits per heavy atom. The summed E-state index contributed by atoms with van der Waals surface area (Å²) < 4.78 is 0. The molecule has 2 amide bonds. The molecule has 0 bridgehead atoms. The fraction of sp³-hybridized carbons (Fsp3) is 0.278. The van der Waals surface area contributed by atoms with Crippen molar-refractivity contribution in [2.45, 2.75) is 32.4 Å². The fourth-order valence-electron chi connectivity index (χ4n) is 2.28. The maximum atomic E-state index is 12.2. The van der Waals surface area contributed by atoms with Crippen molar-refractivity contribution in [3.8, 4) is 0 Å². The average molecular weight is 317 g/mol. The maximum Gasteiger partial charge on any atom is 0.315 e. The Hall–Kier alpha value is -2.00. The molecule has 2 N–H and O–H groups in total. The van der Waals surface area contributed by atoms with Gasteiger partial charge in [0.1, 0.15) is 0 Å². The third-order valence-electron chi connectivity index (χ3n) is 3.90. The van der Waals surface area contributed by atoms with Gasteiger partial charge >= 0.3 is 6.03 Å². The van der Waals surface area contributed by atoms with E-state index in [9.17, 15) is 4.79 Å². The highest BCUT2D eigenvalue weighted by atomic mass is 35.5. The van der Waals surface area contributed by atoms with Crippen molar-refractivity contribution in [3.05, 3.63) is 70.7 Å². The lowest BCUT2D eigenvalue weighted by atomic mass is 9.89. The van der Waals surface area contributed by atoms with Gasteiger partial charge < -0.3 is 10.6 Å². The Morgan fingerprint density at radius 3 is 2.36 bits per heavy atom. The monoisotopic (exact) mass is 316 g/mol. The maximum absolute atomic E-state index is 12.2. The predicted octanol–water partition coefficient (Wildman–Crippen LogP) is 4.46. The number of carbonyl (C=O) groups is 1. The highest BCUT2D eigenvalue weighted by Gasteiger charge is 2.26. The van der Waals surface area contributed by atoms with Crippen LogP contribution in [-0.2, 0) is 12.1 Å². The smallest absolute Gasteiger partial charge is 0.315 e. The van der Waals surface area contributed by atoms with Crippen molar-refractivity contribution >= 4 is 17.6 Å². The van der Waals surface area contributed by atoms with Gasteiger partial charge in [-0.05, 0) is 30.5 Å². The van der Waals surface area contributed by atoms with E-state index in [2.05, 4.69) is 17.6 Å². The molecule has 3 nitrogen and oxygen atoms in total. The van der Waals surface area contributed by atoms with Crippen LogP contribution in [0, 0.1) is 0 Å². The van der Waals surface area contributed by atoms with Gasteiger partial charge in [-0.2, -0.15) is 0 Å². The minimum absolute atomic E-state index is 0.201. The zero-order chi connectivity index (χ0) is 16.0. The molecule has 0 spiro atoms. The summed E-state index contributed by atoms with van der Waals surface area (Å²) in [7, 11) is 0. The third kappa shape index (κ3) is 4.01. The van der Waals surface area contributed by atoms with Crippen molar-refractivity contribution in [2.24, 2.45) is 0 Å². The van der Waals surface area contributed by atoms with Crippen LogP contribution in [0.15, 0.2) is 54.6 Å². The summed E-state index contributed by atoms with van der Waals surface area (Å²) in [6.45, 7) is 4.48. The zero-order valence-corrected chi connectivity index (χ0v) is 13.7. The molecule has 22 heavy (non-hydrogen) atoms. The van der Waals surface area contributed by atoms with Crippen LogP contribution in [0.4, 0.5) is 4.79 Å². The van der Waals surface area contributed by atoms with Crippen LogP contribution >= 0.6 is 11.6 Å². The normalized spacial score (nSPS) is 13.2. The molecule has 0 radical (unpaired) electrons. The van der Waals surface area contributed by atoms with Crippen LogP contribution in [0.5, 0.6) is 0 Å². The third-order valence-corrected chi connectivity index (χ3v) is 4.27. The molecule has 0 fully saturated rings. The number of benzene rings is 2. The lowest BCUT2D eigenvalue weighted by Gasteiger charge is -2.30. The Bertz CT molecular complexity index is 630. The molecule has 2 aromatic rings. The second-order valence-electron chi connectivity index (χ2n) is 5.45. The van der Waals surface area contributed by atoms with Crippen LogP contribution in [0.25, 0.3) is 0 Å². The molecule has 0 heterocycles. The van der Waals surface area contributed by atoms with E-state index in [1.807, 2.05) is 61.5 Å². The van der Waals surface area contributed by atoms with Crippen LogP contribution < -0.4 is 10.6 Å². The van der Waals surface area contributed by atoms with Gasteiger partial charge in [0, 0.05) is 11.6 Å². The van der Waals surface area contributed by atoms with Gasteiger partial charge in [0.15, 0.2) is 0 Å². The fourth-order valence-corrected chi connectivity index (χ4v) is 2.49. The van der Waals surface area contributed by atoms with Gasteiger partial charge in [-0.1, -0.05) is 67.1 Å². The van der Waals surface area contributed by atoms with Crippen molar-refractivity contribution in [1.82, 2.24) is 10.6 Å². The second kappa shape index (κ2) is 7.32. The van der Waals surface area contributed by atoms with E-state index in [-0.39, 0.29) is 6.03 Å². The van der Waals surface area contributed by atoms with Gasteiger partial charge in [0.2, 0.25) is 0 Å². The Morgan fingerprint density at radius 2 is 1.73 bits per heavy atom. The number of hydrogen-bond acceptors (Lipinski definition) is 1. The summed E-state index contributed by atoms with van der Waals surface area (Å²) in [5.41, 5.74) is 1.59. The lowest BCUT2D eigenvalue weighted by Crippen LogP contribution is -2.47. The molecule has 0 aromatic heterocycles. The van der Waals surface area contributed by atoms with E-state index in [4.69, 9.17) is 11.6 Å². The number of urea groups is 1. The van der Waals surface area contributed by atoms with Gasteiger partial charge in [0.25, 0.3) is 0 Å². The minimum atomic E-state index is -0.397. The first-order valence-electron chi connectivity index (χ1n) is 7.40. The molecular weight excluding hydrogens is 296 g/mol. The van der Waals surface area contributed by atoms with E-state index >= 15 is 0 Å².